The molecule has 1 aromatic carbocycles. The van der Waals surface area contributed by atoms with Gasteiger partial charge >= 0.3 is 0 Å². The summed E-state index contributed by atoms with van der Waals surface area (Å²) in [4.78, 5) is 0. The van der Waals surface area contributed by atoms with Crippen LogP contribution in [0.1, 0.15) is 0 Å². The third-order valence-corrected chi connectivity index (χ3v) is 3.47. The van der Waals surface area contributed by atoms with Crippen LogP contribution in [0.25, 0.3) is 10.1 Å². The third-order valence-electron chi connectivity index (χ3n) is 1.81. The van der Waals surface area contributed by atoms with Crippen molar-refractivity contribution in [2.45, 2.75) is 0 Å². The lowest BCUT2D eigenvalue weighted by molar-refractivity contribution is 0.377. The Morgan fingerprint density at radius 3 is 2.92 bits per heavy atom. The van der Waals surface area contributed by atoms with Crippen molar-refractivity contribution in [3.63, 3.8) is 0 Å². The molecule has 2 nitrogen and oxygen atoms in total. The normalized spacial score (nSPS) is 10.6. The van der Waals surface area contributed by atoms with Gasteiger partial charge in [-0.05, 0) is 39.5 Å². The molecular formula is C9H7BrO2S. The van der Waals surface area contributed by atoms with Gasteiger partial charge in [-0.25, -0.2) is 0 Å². The van der Waals surface area contributed by atoms with Crippen LogP contribution in [0.4, 0.5) is 0 Å². The molecule has 0 aliphatic carbocycles. The molecule has 0 amide bonds. The molecule has 68 valence electrons. The molecule has 0 fully saturated rings. The molecule has 13 heavy (non-hydrogen) atoms. The smallest absolute Gasteiger partial charge is 0.175 e. The number of benzene rings is 1. The minimum atomic E-state index is 0.218. The highest BCUT2D eigenvalue weighted by atomic mass is 79.9. The van der Waals surface area contributed by atoms with Crippen LogP contribution in [-0.4, -0.2) is 12.2 Å². The second-order valence-electron chi connectivity index (χ2n) is 2.59. The zero-order valence-corrected chi connectivity index (χ0v) is 9.28. The van der Waals surface area contributed by atoms with Gasteiger partial charge in [0.05, 0.1) is 15.6 Å². The molecule has 2 aromatic rings. The molecule has 4 heteroatoms. The van der Waals surface area contributed by atoms with Crippen molar-refractivity contribution < 1.29 is 9.84 Å². The molecule has 2 rings (SSSR count). The largest absolute Gasteiger partial charge is 0.503 e. The van der Waals surface area contributed by atoms with E-state index in [9.17, 15) is 5.11 Å². The van der Waals surface area contributed by atoms with Crippen LogP contribution in [0.5, 0.6) is 11.5 Å². The topological polar surface area (TPSA) is 29.5 Å². The van der Waals surface area contributed by atoms with Crippen molar-refractivity contribution >= 4 is 37.4 Å². The molecule has 0 spiro atoms. The van der Waals surface area contributed by atoms with E-state index in [1.165, 1.54) is 11.3 Å². The summed E-state index contributed by atoms with van der Waals surface area (Å²) in [6.07, 6.45) is 0. The van der Waals surface area contributed by atoms with Gasteiger partial charge in [-0.2, -0.15) is 0 Å². The van der Waals surface area contributed by atoms with Crippen LogP contribution in [-0.2, 0) is 0 Å². The first-order valence-corrected chi connectivity index (χ1v) is 5.28. The summed E-state index contributed by atoms with van der Waals surface area (Å²) in [7, 11) is 1.55. The van der Waals surface area contributed by atoms with Crippen LogP contribution in [0.2, 0.25) is 0 Å². The molecule has 0 saturated heterocycles. The average Bonchev–Trinajstić information content (AvgIpc) is 2.47. The Balaban J connectivity index is 2.78. The molecular weight excluding hydrogens is 252 g/mol. The number of halogens is 1. The van der Waals surface area contributed by atoms with Crippen molar-refractivity contribution in [3.8, 4) is 11.5 Å². The first kappa shape index (κ1) is 8.84. The summed E-state index contributed by atoms with van der Waals surface area (Å²) >= 11 is 4.87. The van der Waals surface area contributed by atoms with Gasteiger partial charge in [0.1, 0.15) is 0 Å². The van der Waals surface area contributed by atoms with E-state index in [4.69, 9.17) is 4.74 Å². The highest BCUT2D eigenvalue weighted by Crippen LogP contribution is 2.40. The van der Waals surface area contributed by atoms with Gasteiger partial charge in [0.2, 0.25) is 0 Å². The molecule has 0 unspecified atom stereocenters. The van der Waals surface area contributed by atoms with Crippen LogP contribution < -0.4 is 4.74 Å². The molecule has 0 bridgehead atoms. The summed E-state index contributed by atoms with van der Waals surface area (Å²) < 4.78 is 6.86. The Morgan fingerprint density at radius 1 is 1.46 bits per heavy atom. The van der Waals surface area contributed by atoms with E-state index in [1.54, 1.807) is 13.2 Å². The number of hydrogen-bond acceptors (Lipinski definition) is 3. The van der Waals surface area contributed by atoms with E-state index in [2.05, 4.69) is 15.9 Å². The van der Waals surface area contributed by atoms with E-state index < -0.39 is 0 Å². The SMILES string of the molecule is COc1ccc2cc(Br)sc2c1O. The van der Waals surface area contributed by atoms with Crippen molar-refractivity contribution in [1.29, 1.82) is 0 Å². The number of thiophene rings is 1. The Hall–Kier alpha value is -0.740. The zero-order chi connectivity index (χ0) is 9.42. The number of aromatic hydroxyl groups is 1. The minimum absolute atomic E-state index is 0.218. The number of rotatable bonds is 1. The molecule has 1 N–H and O–H groups in total. The molecule has 0 radical (unpaired) electrons. The maximum atomic E-state index is 9.73. The van der Waals surface area contributed by atoms with E-state index in [-0.39, 0.29) is 5.75 Å². The van der Waals surface area contributed by atoms with E-state index in [1.807, 2.05) is 12.1 Å². The number of phenolic OH excluding ortho intramolecular Hbond substituents is 1. The third kappa shape index (κ3) is 1.40. The van der Waals surface area contributed by atoms with Crippen LogP contribution in [0.3, 0.4) is 0 Å². The monoisotopic (exact) mass is 258 g/mol. The van der Waals surface area contributed by atoms with E-state index in [0.29, 0.717) is 5.75 Å². The van der Waals surface area contributed by atoms with Gasteiger partial charge in [0, 0.05) is 0 Å². The summed E-state index contributed by atoms with van der Waals surface area (Å²) in [6, 6.07) is 5.66. The van der Waals surface area contributed by atoms with Crippen molar-refractivity contribution in [1.82, 2.24) is 0 Å². The maximum Gasteiger partial charge on any atom is 0.175 e. The number of methoxy groups -OCH3 is 1. The Kier molecular flexibility index (Phi) is 2.17. The first-order valence-electron chi connectivity index (χ1n) is 3.67. The number of hydrogen-bond donors (Lipinski definition) is 1. The Labute approximate surface area is 87.9 Å². The van der Waals surface area contributed by atoms with Crippen molar-refractivity contribution in [2.75, 3.05) is 7.11 Å². The lowest BCUT2D eigenvalue weighted by Crippen LogP contribution is -1.81. The zero-order valence-electron chi connectivity index (χ0n) is 6.87. The van der Waals surface area contributed by atoms with Crippen LogP contribution in [0, 0.1) is 0 Å². The van der Waals surface area contributed by atoms with Gasteiger partial charge in [0.25, 0.3) is 0 Å². The number of ether oxygens (including phenoxy) is 1. The fraction of sp³-hybridized carbons (Fsp3) is 0.111. The van der Waals surface area contributed by atoms with E-state index >= 15 is 0 Å². The van der Waals surface area contributed by atoms with E-state index in [0.717, 1.165) is 13.9 Å². The summed E-state index contributed by atoms with van der Waals surface area (Å²) in [5.41, 5.74) is 0. The average molecular weight is 259 g/mol. The maximum absolute atomic E-state index is 9.73. The lowest BCUT2D eigenvalue weighted by atomic mass is 10.2. The molecule has 1 aromatic heterocycles. The fourth-order valence-corrected chi connectivity index (χ4v) is 2.76. The van der Waals surface area contributed by atoms with Crippen molar-refractivity contribution in [2.24, 2.45) is 0 Å². The lowest BCUT2D eigenvalue weighted by Gasteiger charge is -2.02. The van der Waals surface area contributed by atoms with Gasteiger partial charge in [0.15, 0.2) is 11.5 Å². The van der Waals surface area contributed by atoms with Crippen LogP contribution in [0.15, 0.2) is 22.0 Å². The molecule has 1 heterocycles. The standard InChI is InChI=1S/C9H7BrO2S/c1-12-6-3-2-5-4-7(10)13-9(5)8(6)11/h2-4,11H,1H3. The number of fused-ring (bicyclic) bond motifs is 1. The summed E-state index contributed by atoms with van der Waals surface area (Å²) in [5.74, 6) is 0.734. The Bertz CT molecular complexity index is 450. The first-order chi connectivity index (χ1) is 6.22. The van der Waals surface area contributed by atoms with Gasteiger partial charge in [-0.15, -0.1) is 11.3 Å². The second kappa shape index (κ2) is 3.20. The summed E-state index contributed by atoms with van der Waals surface area (Å²) in [5, 5.41) is 10.8. The van der Waals surface area contributed by atoms with Gasteiger partial charge in [-0.3, -0.25) is 0 Å². The van der Waals surface area contributed by atoms with Gasteiger partial charge < -0.3 is 9.84 Å². The molecule has 0 aliphatic heterocycles. The molecule has 0 atom stereocenters. The fourth-order valence-electron chi connectivity index (χ4n) is 1.20. The van der Waals surface area contributed by atoms with Crippen molar-refractivity contribution in [3.05, 3.63) is 22.0 Å². The highest BCUT2D eigenvalue weighted by molar-refractivity contribution is 9.11. The Morgan fingerprint density at radius 2 is 2.23 bits per heavy atom. The molecule has 0 aliphatic rings. The minimum Gasteiger partial charge on any atom is -0.503 e. The summed E-state index contributed by atoms with van der Waals surface area (Å²) in [6.45, 7) is 0. The number of phenols is 1. The van der Waals surface area contributed by atoms with Gasteiger partial charge in [-0.1, -0.05) is 0 Å². The predicted molar refractivity (Wildman–Crippen MR) is 57.7 cm³/mol. The highest BCUT2D eigenvalue weighted by Gasteiger charge is 2.08. The van der Waals surface area contributed by atoms with Crippen LogP contribution >= 0.6 is 27.3 Å². The quantitative estimate of drug-likeness (QED) is 0.850. The molecule has 0 saturated carbocycles. The second-order valence-corrected chi connectivity index (χ2v) is 5.02. The predicted octanol–water partition coefficient (Wildman–Crippen LogP) is 3.38.